The van der Waals surface area contributed by atoms with Gasteiger partial charge >= 0.3 is 0 Å². The molecule has 1 fully saturated rings. The van der Waals surface area contributed by atoms with E-state index >= 15 is 0 Å². The summed E-state index contributed by atoms with van der Waals surface area (Å²) in [6.07, 6.45) is 10.5. The average Bonchev–Trinajstić information content (AvgIpc) is 2.97. The quantitative estimate of drug-likeness (QED) is 0.486. The molecule has 0 spiro atoms. The molecule has 0 bridgehead atoms. The standard InChI is InChI=1S/C20H28O3/c1-14(10-12-21)9-11-20(23)15(2)18(16-7-5-6-8-16)17(22)13-19(20,3)4/h9-12,16,23H,5-8,13H2,1-4H3. The molecular formula is C20H28O3. The second kappa shape index (κ2) is 6.56. The van der Waals surface area contributed by atoms with Crippen LogP contribution in [0.1, 0.15) is 59.8 Å². The summed E-state index contributed by atoms with van der Waals surface area (Å²) < 4.78 is 0. The molecule has 0 aromatic carbocycles. The summed E-state index contributed by atoms with van der Waals surface area (Å²) in [7, 11) is 0. The van der Waals surface area contributed by atoms with Gasteiger partial charge in [-0.3, -0.25) is 9.59 Å². The molecule has 0 radical (unpaired) electrons. The summed E-state index contributed by atoms with van der Waals surface area (Å²) in [5, 5.41) is 11.4. The van der Waals surface area contributed by atoms with Crippen LogP contribution in [0.4, 0.5) is 0 Å². The van der Waals surface area contributed by atoms with Crippen molar-refractivity contribution < 1.29 is 14.7 Å². The molecule has 0 aliphatic heterocycles. The van der Waals surface area contributed by atoms with Gasteiger partial charge in [0.1, 0.15) is 11.9 Å². The number of Topliss-reactive ketones (excluding diaryl/α,β-unsaturated/α-hetero) is 1. The van der Waals surface area contributed by atoms with Crippen molar-refractivity contribution in [3.8, 4) is 0 Å². The van der Waals surface area contributed by atoms with E-state index in [1.165, 1.54) is 6.08 Å². The van der Waals surface area contributed by atoms with Gasteiger partial charge in [0.15, 0.2) is 5.78 Å². The number of aliphatic hydroxyl groups is 1. The van der Waals surface area contributed by atoms with E-state index in [0.717, 1.165) is 48.7 Å². The highest BCUT2D eigenvalue weighted by Gasteiger charge is 2.50. The zero-order chi connectivity index (χ0) is 17.3. The van der Waals surface area contributed by atoms with Gasteiger partial charge in [-0.05, 0) is 55.9 Å². The maximum absolute atomic E-state index is 12.7. The molecule has 0 aromatic rings. The second-order valence-corrected chi connectivity index (χ2v) is 7.65. The van der Waals surface area contributed by atoms with Crippen molar-refractivity contribution in [2.45, 2.75) is 65.4 Å². The Morgan fingerprint density at radius 1 is 1.26 bits per heavy atom. The Morgan fingerprint density at radius 3 is 2.43 bits per heavy atom. The SMILES string of the molecule is CC(C=CC1(O)C(C)=C(C2CCCC2)C(=O)CC1(C)C)=CC=O. The van der Waals surface area contributed by atoms with E-state index in [4.69, 9.17) is 0 Å². The minimum Gasteiger partial charge on any atom is -0.381 e. The Labute approximate surface area is 139 Å². The van der Waals surface area contributed by atoms with Crippen molar-refractivity contribution in [2.24, 2.45) is 11.3 Å². The van der Waals surface area contributed by atoms with E-state index in [1.807, 2.05) is 27.7 Å². The van der Waals surface area contributed by atoms with E-state index in [1.54, 1.807) is 12.2 Å². The fraction of sp³-hybridized carbons (Fsp3) is 0.600. The highest BCUT2D eigenvalue weighted by Crippen LogP contribution is 2.49. The molecule has 1 unspecified atom stereocenters. The lowest BCUT2D eigenvalue weighted by atomic mass is 9.61. The summed E-state index contributed by atoms with van der Waals surface area (Å²) in [6.45, 7) is 7.59. The van der Waals surface area contributed by atoms with Crippen LogP contribution in [0.15, 0.2) is 34.9 Å². The number of rotatable bonds is 4. The lowest BCUT2D eigenvalue weighted by Crippen LogP contribution is -2.50. The van der Waals surface area contributed by atoms with Crippen LogP contribution in [0.5, 0.6) is 0 Å². The van der Waals surface area contributed by atoms with Gasteiger partial charge in [-0.25, -0.2) is 0 Å². The Bertz CT molecular complexity index is 586. The van der Waals surface area contributed by atoms with Crippen molar-refractivity contribution in [1.82, 2.24) is 0 Å². The number of aldehydes is 1. The van der Waals surface area contributed by atoms with E-state index in [-0.39, 0.29) is 5.78 Å². The summed E-state index contributed by atoms with van der Waals surface area (Å²) >= 11 is 0. The van der Waals surface area contributed by atoms with Crippen molar-refractivity contribution >= 4 is 12.1 Å². The molecule has 23 heavy (non-hydrogen) atoms. The van der Waals surface area contributed by atoms with Gasteiger partial charge in [-0.15, -0.1) is 0 Å². The first-order valence-corrected chi connectivity index (χ1v) is 8.51. The molecule has 1 saturated carbocycles. The van der Waals surface area contributed by atoms with Gasteiger partial charge in [0.2, 0.25) is 0 Å². The van der Waals surface area contributed by atoms with E-state index in [9.17, 15) is 14.7 Å². The van der Waals surface area contributed by atoms with Crippen molar-refractivity contribution in [1.29, 1.82) is 0 Å². The maximum Gasteiger partial charge on any atom is 0.159 e. The third kappa shape index (κ3) is 3.25. The summed E-state index contributed by atoms with van der Waals surface area (Å²) in [5.74, 6) is 0.489. The highest BCUT2D eigenvalue weighted by atomic mass is 16.3. The maximum atomic E-state index is 12.7. The molecule has 0 amide bonds. The third-order valence-corrected chi connectivity index (χ3v) is 5.59. The van der Waals surface area contributed by atoms with Crippen LogP contribution < -0.4 is 0 Å². The topological polar surface area (TPSA) is 54.4 Å². The number of allylic oxidation sites excluding steroid dienone is 4. The number of carbonyl (C=O) groups is 2. The van der Waals surface area contributed by atoms with Crippen molar-refractivity contribution in [3.05, 3.63) is 34.9 Å². The van der Waals surface area contributed by atoms with Gasteiger partial charge in [-0.1, -0.05) is 32.8 Å². The summed E-state index contributed by atoms with van der Waals surface area (Å²) in [5.41, 5.74) is 0.716. The number of ketones is 1. The first-order chi connectivity index (χ1) is 10.7. The van der Waals surface area contributed by atoms with Crippen LogP contribution in [0.2, 0.25) is 0 Å². The monoisotopic (exact) mass is 316 g/mol. The van der Waals surface area contributed by atoms with Crippen LogP contribution in [-0.4, -0.2) is 22.8 Å². The average molecular weight is 316 g/mol. The predicted molar refractivity (Wildman–Crippen MR) is 92.0 cm³/mol. The van der Waals surface area contributed by atoms with Gasteiger partial charge in [0.05, 0.1) is 0 Å². The van der Waals surface area contributed by atoms with Crippen LogP contribution >= 0.6 is 0 Å². The van der Waals surface area contributed by atoms with E-state index in [2.05, 4.69) is 0 Å². The number of hydrogen-bond acceptors (Lipinski definition) is 3. The number of carbonyl (C=O) groups excluding carboxylic acids is 2. The Morgan fingerprint density at radius 2 is 1.87 bits per heavy atom. The molecule has 3 heteroatoms. The lowest BCUT2D eigenvalue weighted by Gasteiger charge is -2.46. The Hall–Kier alpha value is -1.48. The smallest absolute Gasteiger partial charge is 0.159 e. The molecule has 2 aliphatic carbocycles. The van der Waals surface area contributed by atoms with Crippen LogP contribution in [-0.2, 0) is 9.59 Å². The second-order valence-electron chi connectivity index (χ2n) is 7.65. The zero-order valence-electron chi connectivity index (χ0n) is 14.7. The van der Waals surface area contributed by atoms with Crippen LogP contribution in [0.3, 0.4) is 0 Å². The van der Waals surface area contributed by atoms with Gasteiger partial charge in [0.25, 0.3) is 0 Å². The normalized spacial score (nSPS) is 29.6. The molecular weight excluding hydrogens is 288 g/mol. The third-order valence-electron chi connectivity index (χ3n) is 5.59. The minimum absolute atomic E-state index is 0.192. The van der Waals surface area contributed by atoms with Crippen molar-refractivity contribution in [3.63, 3.8) is 0 Å². The largest absolute Gasteiger partial charge is 0.381 e. The first-order valence-electron chi connectivity index (χ1n) is 8.51. The molecule has 0 heterocycles. The van der Waals surface area contributed by atoms with E-state index in [0.29, 0.717) is 12.3 Å². The molecule has 2 aliphatic rings. The Kier molecular flexibility index (Phi) is 5.10. The molecule has 1 N–H and O–H groups in total. The van der Waals surface area contributed by atoms with Gasteiger partial charge in [0, 0.05) is 17.4 Å². The van der Waals surface area contributed by atoms with Crippen LogP contribution in [0, 0.1) is 11.3 Å². The summed E-state index contributed by atoms with van der Waals surface area (Å²) in [6, 6.07) is 0. The van der Waals surface area contributed by atoms with Gasteiger partial charge < -0.3 is 5.11 Å². The molecule has 0 aromatic heterocycles. The first kappa shape index (κ1) is 17.9. The van der Waals surface area contributed by atoms with Gasteiger partial charge in [-0.2, -0.15) is 0 Å². The molecule has 3 nitrogen and oxygen atoms in total. The molecule has 0 saturated heterocycles. The predicted octanol–water partition coefficient (Wildman–Crippen LogP) is 3.92. The minimum atomic E-state index is -1.16. The van der Waals surface area contributed by atoms with Crippen molar-refractivity contribution in [2.75, 3.05) is 0 Å². The Balaban J connectivity index is 2.50. The fourth-order valence-electron chi connectivity index (χ4n) is 4.07. The molecule has 126 valence electrons. The zero-order valence-corrected chi connectivity index (χ0v) is 14.7. The lowest BCUT2D eigenvalue weighted by molar-refractivity contribution is -0.123. The highest BCUT2D eigenvalue weighted by molar-refractivity contribution is 5.99. The fourth-order valence-corrected chi connectivity index (χ4v) is 4.07. The summed E-state index contributed by atoms with van der Waals surface area (Å²) in [4.78, 5) is 23.3. The number of hydrogen-bond donors (Lipinski definition) is 1. The van der Waals surface area contributed by atoms with E-state index < -0.39 is 11.0 Å². The molecule has 2 rings (SSSR count). The van der Waals surface area contributed by atoms with Crippen LogP contribution in [0.25, 0.3) is 0 Å². The molecule has 1 atom stereocenters.